The minimum Gasteiger partial charge on any atom is -0.497 e. The van der Waals surface area contributed by atoms with Crippen molar-refractivity contribution in [2.75, 3.05) is 18.6 Å². The molecular formula is C18H21NO6S2. The summed E-state index contributed by atoms with van der Waals surface area (Å²) in [7, 11) is -6.07. The van der Waals surface area contributed by atoms with Crippen LogP contribution in [0, 0.1) is 0 Å². The van der Waals surface area contributed by atoms with E-state index in [1.807, 2.05) is 0 Å². The van der Waals surface area contributed by atoms with Crippen LogP contribution in [0.3, 0.4) is 0 Å². The summed E-state index contributed by atoms with van der Waals surface area (Å²) in [6.45, 7) is -0.0353. The van der Waals surface area contributed by atoms with E-state index in [4.69, 9.17) is 4.74 Å². The number of methoxy groups -OCH3 is 1. The van der Waals surface area contributed by atoms with Crippen molar-refractivity contribution in [2.24, 2.45) is 0 Å². The van der Waals surface area contributed by atoms with Gasteiger partial charge in [0.2, 0.25) is 10.0 Å². The summed E-state index contributed by atoms with van der Waals surface area (Å²) in [5, 5.41) is 10.3. The highest BCUT2D eigenvalue weighted by Gasteiger charge is 2.44. The van der Waals surface area contributed by atoms with Crippen LogP contribution in [-0.2, 0) is 26.4 Å². The fourth-order valence-electron chi connectivity index (χ4n) is 3.11. The fourth-order valence-corrected chi connectivity index (χ4v) is 6.65. The summed E-state index contributed by atoms with van der Waals surface area (Å²) < 4.78 is 56.6. The van der Waals surface area contributed by atoms with Crippen LogP contribution in [0.5, 0.6) is 5.75 Å². The van der Waals surface area contributed by atoms with E-state index in [1.165, 1.54) is 31.4 Å². The molecule has 3 rings (SSSR count). The van der Waals surface area contributed by atoms with E-state index in [-0.39, 0.29) is 11.4 Å². The summed E-state index contributed by atoms with van der Waals surface area (Å²) in [5.41, 5.74) is 0.700. The molecule has 0 spiro atoms. The second-order valence-electron chi connectivity index (χ2n) is 6.42. The van der Waals surface area contributed by atoms with E-state index in [0.29, 0.717) is 11.3 Å². The summed E-state index contributed by atoms with van der Waals surface area (Å²) in [6.07, 6.45) is -1.27. The monoisotopic (exact) mass is 411 g/mol. The smallest absolute Gasteiger partial charge is 0.243 e. The molecular weight excluding hydrogens is 390 g/mol. The zero-order chi connectivity index (χ0) is 19.7. The highest BCUT2D eigenvalue weighted by atomic mass is 32.2. The molecule has 0 aromatic heterocycles. The molecule has 9 heteroatoms. The van der Waals surface area contributed by atoms with Crippen LogP contribution in [0.25, 0.3) is 0 Å². The van der Waals surface area contributed by atoms with Crippen LogP contribution in [0.4, 0.5) is 0 Å². The number of sulfone groups is 1. The molecule has 2 aromatic carbocycles. The Morgan fingerprint density at radius 1 is 1.07 bits per heavy atom. The molecule has 0 amide bonds. The number of rotatable bonds is 6. The SMILES string of the molecule is COc1ccc(S(=O)(=O)N(Cc2ccccc2)[C@@H]2CS(=O)(=O)C[C@H]2O)cc1. The molecule has 1 saturated heterocycles. The van der Waals surface area contributed by atoms with E-state index in [2.05, 4.69) is 0 Å². The Kier molecular flexibility index (Phi) is 5.57. The number of hydrogen-bond acceptors (Lipinski definition) is 6. The van der Waals surface area contributed by atoms with Crippen molar-refractivity contribution in [2.45, 2.75) is 23.6 Å². The summed E-state index contributed by atoms with van der Waals surface area (Å²) in [4.78, 5) is 0.00993. The summed E-state index contributed by atoms with van der Waals surface area (Å²) >= 11 is 0. The molecule has 1 aliphatic rings. The Morgan fingerprint density at radius 3 is 2.22 bits per heavy atom. The molecule has 0 unspecified atom stereocenters. The van der Waals surface area contributed by atoms with Crippen molar-refractivity contribution in [3.05, 3.63) is 60.2 Å². The topological polar surface area (TPSA) is 101 Å². The first-order valence-corrected chi connectivity index (χ1v) is 11.6. The number of benzene rings is 2. The molecule has 0 aliphatic carbocycles. The third-order valence-electron chi connectivity index (χ3n) is 4.51. The second kappa shape index (κ2) is 7.59. The van der Waals surface area contributed by atoms with Crippen molar-refractivity contribution in [1.82, 2.24) is 4.31 Å². The van der Waals surface area contributed by atoms with Crippen LogP contribution in [0.15, 0.2) is 59.5 Å². The zero-order valence-electron chi connectivity index (χ0n) is 14.7. The maximum absolute atomic E-state index is 13.3. The highest BCUT2D eigenvalue weighted by molar-refractivity contribution is 7.92. The Bertz CT molecular complexity index is 988. The standard InChI is InChI=1S/C18H21NO6S2/c1-25-15-7-9-16(10-8-15)27(23,24)19(11-14-5-3-2-4-6-14)17-12-26(21,22)13-18(17)20/h2-10,17-18,20H,11-13H2,1H3/t17-,18-/m1/s1. The first-order valence-electron chi connectivity index (χ1n) is 8.31. The van der Waals surface area contributed by atoms with E-state index >= 15 is 0 Å². The second-order valence-corrected chi connectivity index (χ2v) is 10.5. The molecule has 1 heterocycles. The third kappa shape index (κ3) is 4.32. The van der Waals surface area contributed by atoms with Crippen molar-refractivity contribution in [3.63, 3.8) is 0 Å². The van der Waals surface area contributed by atoms with Gasteiger partial charge in [0.15, 0.2) is 9.84 Å². The Hall–Kier alpha value is -1.94. The quantitative estimate of drug-likeness (QED) is 0.762. The number of hydrogen-bond donors (Lipinski definition) is 1. The van der Waals surface area contributed by atoms with Gasteiger partial charge in [0.1, 0.15) is 5.75 Å². The predicted molar refractivity (Wildman–Crippen MR) is 101 cm³/mol. The molecule has 146 valence electrons. The first kappa shape index (κ1) is 19.8. The average molecular weight is 412 g/mol. The molecule has 0 radical (unpaired) electrons. The van der Waals surface area contributed by atoms with Crippen LogP contribution in [0.1, 0.15) is 5.56 Å². The van der Waals surface area contributed by atoms with Gasteiger partial charge in [-0.2, -0.15) is 4.31 Å². The van der Waals surface area contributed by atoms with Gasteiger partial charge in [-0.1, -0.05) is 30.3 Å². The van der Waals surface area contributed by atoms with E-state index in [1.54, 1.807) is 30.3 Å². The minimum atomic E-state index is -4.04. The van der Waals surface area contributed by atoms with Gasteiger partial charge in [0.05, 0.1) is 35.7 Å². The van der Waals surface area contributed by atoms with Gasteiger partial charge in [-0.3, -0.25) is 0 Å². The molecule has 0 bridgehead atoms. The van der Waals surface area contributed by atoms with Gasteiger partial charge >= 0.3 is 0 Å². The van der Waals surface area contributed by atoms with Crippen molar-refractivity contribution in [3.8, 4) is 5.75 Å². The lowest BCUT2D eigenvalue weighted by Crippen LogP contribution is -2.46. The lowest BCUT2D eigenvalue weighted by atomic mass is 10.2. The van der Waals surface area contributed by atoms with E-state index in [0.717, 1.165) is 4.31 Å². The normalized spacial score (nSPS) is 22.0. The molecule has 0 saturated carbocycles. The van der Waals surface area contributed by atoms with Crippen LogP contribution >= 0.6 is 0 Å². The summed E-state index contributed by atoms with van der Waals surface area (Å²) in [6, 6.07) is 13.7. The highest BCUT2D eigenvalue weighted by Crippen LogP contribution is 2.28. The lowest BCUT2D eigenvalue weighted by Gasteiger charge is -2.29. The Morgan fingerprint density at radius 2 is 1.70 bits per heavy atom. The molecule has 2 atom stereocenters. The zero-order valence-corrected chi connectivity index (χ0v) is 16.4. The van der Waals surface area contributed by atoms with Crippen LogP contribution < -0.4 is 4.74 Å². The number of nitrogens with zero attached hydrogens (tertiary/aromatic N) is 1. The van der Waals surface area contributed by atoms with Crippen molar-refractivity contribution < 1.29 is 26.7 Å². The molecule has 7 nitrogen and oxygen atoms in total. The summed E-state index contributed by atoms with van der Waals surface area (Å²) in [5.74, 6) is -0.343. The maximum Gasteiger partial charge on any atom is 0.243 e. The van der Waals surface area contributed by atoms with Gasteiger partial charge in [-0.25, -0.2) is 16.8 Å². The average Bonchev–Trinajstić information content (AvgIpc) is 2.92. The number of ether oxygens (including phenoxy) is 1. The third-order valence-corrected chi connectivity index (χ3v) is 8.09. The molecule has 1 N–H and O–H groups in total. The van der Waals surface area contributed by atoms with Gasteiger partial charge in [0.25, 0.3) is 0 Å². The van der Waals surface area contributed by atoms with E-state index < -0.39 is 43.5 Å². The lowest BCUT2D eigenvalue weighted by molar-refractivity contribution is 0.125. The van der Waals surface area contributed by atoms with Gasteiger partial charge in [-0.05, 0) is 29.8 Å². The van der Waals surface area contributed by atoms with Gasteiger partial charge in [0, 0.05) is 6.54 Å². The van der Waals surface area contributed by atoms with Crippen molar-refractivity contribution in [1.29, 1.82) is 0 Å². The van der Waals surface area contributed by atoms with E-state index in [9.17, 15) is 21.9 Å². The van der Waals surface area contributed by atoms with Gasteiger partial charge in [-0.15, -0.1) is 0 Å². The largest absolute Gasteiger partial charge is 0.497 e. The Balaban J connectivity index is 2.02. The predicted octanol–water partition coefficient (Wildman–Crippen LogP) is 1.04. The van der Waals surface area contributed by atoms with Gasteiger partial charge < -0.3 is 9.84 Å². The fraction of sp³-hybridized carbons (Fsp3) is 0.333. The van der Waals surface area contributed by atoms with Crippen molar-refractivity contribution >= 4 is 19.9 Å². The Labute approximate surface area is 159 Å². The number of sulfonamides is 1. The molecule has 1 fully saturated rings. The maximum atomic E-state index is 13.3. The number of aliphatic hydroxyl groups is 1. The molecule has 2 aromatic rings. The molecule has 27 heavy (non-hydrogen) atoms. The van der Waals surface area contributed by atoms with Crippen LogP contribution in [0.2, 0.25) is 0 Å². The first-order chi connectivity index (χ1) is 12.7. The number of aliphatic hydroxyl groups excluding tert-OH is 1. The molecule has 1 aliphatic heterocycles. The minimum absolute atomic E-state index is 0.00993. The van der Waals surface area contributed by atoms with Crippen LogP contribution in [-0.4, -0.2) is 57.0 Å².